The second kappa shape index (κ2) is 5.28. The maximum absolute atomic E-state index is 13.1. The highest BCUT2D eigenvalue weighted by Crippen LogP contribution is 2.54. The van der Waals surface area contributed by atoms with Gasteiger partial charge in [0.1, 0.15) is 5.54 Å². The van der Waals surface area contributed by atoms with Gasteiger partial charge < -0.3 is 5.32 Å². The van der Waals surface area contributed by atoms with Crippen LogP contribution in [-0.2, 0) is 11.3 Å². The van der Waals surface area contributed by atoms with Gasteiger partial charge in [0.2, 0.25) is 0 Å². The standard InChI is InChI=1S/C18H23N3O2S/c22-16-18(12-5-6-12,13-7-8-13)20-17(23)21(16)9-14-10-24-15(19-14)11-3-1-2-4-11/h10-13H,1-9H2,(H,20,23). The largest absolute Gasteiger partial charge is 0.325 e. The zero-order chi connectivity index (χ0) is 16.3. The van der Waals surface area contributed by atoms with Crippen LogP contribution in [0.3, 0.4) is 0 Å². The molecule has 4 fully saturated rings. The lowest BCUT2D eigenvalue weighted by Crippen LogP contribution is -2.51. The maximum atomic E-state index is 13.1. The van der Waals surface area contributed by atoms with Crippen molar-refractivity contribution in [3.63, 3.8) is 0 Å². The lowest BCUT2D eigenvalue weighted by Gasteiger charge is -2.26. The average Bonchev–Trinajstić information content (AvgIpc) is 3.48. The van der Waals surface area contributed by atoms with Gasteiger partial charge in [-0.2, -0.15) is 0 Å². The van der Waals surface area contributed by atoms with Crippen LogP contribution in [0.15, 0.2) is 5.38 Å². The lowest BCUT2D eigenvalue weighted by molar-refractivity contribution is -0.133. The van der Waals surface area contributed by atoms with Gasteiger partial charge in [0.05, 0.1) is 17.2 Å². The molecule has 6 heteroatoms. The molecule has 1 aromatic heterocycles. The number of thiazole rings is 1. The van der Waals surface area contributed by atoms with E-state index in [9.17, 15) is 9.59 Å². The summed E-state index contributed by atoms with van der Waals surface area (Å²) in [4.78, 5) is 31.7. The number of nitrogens with one attached hydrogen (secondary N) is 1. The van der Waals surface area contributed by atoms with Crippen molar-refractivity contribution in [2.75, 3.05) is 0 Å². The number of hydrogen-bond acceptors (Lipinski definition) is 4. The molecule has 5 rings (SSSR count). The van der Waals surface area contributed by atoms with E-state index in [1.54, 1.807) is 11.3 Å². The number of hydrogen-bond donors (Lipinski definition) is 1. The number of carbonyl (C=O) groups is 2. The van der Waals surface area contributed by atoms with Gasteiger partial charge in [-0.3, -0.25) is 9.69 Å². The summed E-state index contributed by atoms with van der Waals surface area (Å²) in [6.07, 6.45) is 9.30. The van der Waals surface area contributed by atoms with E-state index >= 15 is 0 Å². The third-order valence-corrected chi connectivity index (χ3v) is 7.25. The van der Waals surface area contributed by atoms with Crippen LogP contribution >= 0.6 is 11.3 Å². The van der Waals surface area contributed by atoms with E-state index in [4.69, 9.17) is 4.98 Å². The monoisotopic (exact) mass is 345 g/mol. The van der Waals surface area contributed by atoms with E-state index in [0.29, 0.717) is 24.3 Å². The highest BCUT2D eigenvalue weighted by molar-refractivity contribution is 7.09. The number of amides is 3. The van der Waals surface area contributed by atoms with Crippen molar-refractivity contribution in [2.24, 2.45) is 11.8 Å². The third-order valence-electron chi connectivity index (χ3n) is 6.19. The Hall–Kier alpha value is -1.43. The molecular weight excluding hydrogens is 322 g/mol. The Labute approximate surface area is 145 Å². The molecule has 5 nitrogen and oxygen atoms in total. The van der Waals surface area contributed by atoms with Crippen LogP contribution < -0.4 is 5.32 Å². The molecule has 0 unspecified atom stereocenters. The van der Waals surface area contributed by atoms with Crippen LogP contribution in [0, 0.1) is 11.8 Å². The Balaban J connectivity index is 1.35. The molecule has 0 aromatic carbocycles. The van der Waals surface area contributed by atoms with Gasteiger partial charge in [-0.1, -0.05) is 12.8 Å². The van der Waals surface area contributed by atoms with Crippen LogP contribution in [-0.4, -0.2) is 27.4 Å². The second-order valence-electron chi connectivity index (χ2n) is 7.90. The van der Waals surface area contributed by atoms with E-state index in [-0.39, 0.29) is 11.9 Å². The van der Waals surface area contributed by atoms with Crippen molar-refractivity contribution in [1.82, 2.24) is 15.2 Å². The van der Waals surface area contributed by atoms with Gasteiger partial charge in [-0.15, -0.1) is 11.3 Å². The Morgan fingerprint density at radius 1 is 1.12 bits per heavy atom. The number of aromatic nitrogens is 1. The molecule has 1 aromatic rings. The highest BCUT2D eigenvalue weighted by atomic mass is 32.1. The van der Waals surface area contributed by atoms with Gasteiger partial charge in [0.15, 0.2) is 0 Å². The van der Waals surface area contributed by atoms with Crippen molar-refractivity contribution in [3.8, 4) is 0 Å². The molecule has 1 aliphatic heterocycles. The minimum Gasteiger partial charge on any atom is -0.323 e. The lowest BCUT2D eigenvalue weighted by atomic mass is 9.87. The normalized spacial score (nSPS) is 27.1. The van der Waals surface area contributed by atoms with Crippen LogP contribution in [0.2, 0.25) is 0 Å². The van der Waals surface area contributed by atoms with Crippen LogP contribution in [0.1, 0.15) is 68.0 Å². The van der Waals surface area contributed by atoms with Crippen LogP contribution in [0.5, 0.6) is 0 Å². The van der Waals surface area contributed by atoms with Crippen molar-refractivity contribution in [3.05, 3.63) is 16.1 Å². The maximum Gasteiger partial charge on any atom is 0.325 e. The van der Waals surface area contributed by atoms with Crippen LogP contribution in [0.25, 0.3) is 0 Å². The Morgan fingerprint density at radius 3 is 2.42 bits per heavy atom. The van der Waals surface area contributed by atoms with E-state index in [1.807, 2.05) is 5.38 Å². The molecule has 1 N–H and O–H groups in total. The molecule has 0 atom stereocenters. The van der Waals surface area contributed by atoms with Crippen LogP contribution in [0.4, 0.5) is 4.79 Å². The summed E-state index contributed by atoms with van der Waals surface area (Å²) < 4.78 is 0. The molecule has 3 saturated carbocycles. The fourth-order valence-electron chi connectivity index (χ4n) is 4.64. The average molecular weight is 345 g/mol. The molecule has 0 bridgehead atoms. The molecule has 0 spiro atoms. The first-order valence-corrected chi connectivity index (χ1v) is 10.1. The SMILES string of the molecule is O=C1NC(C2CC2)(C2CC2)C(=O)N1Cc1csc(C2CCCC2)n1. The van der Waals surface area contributed by atoms with Gasteiger partial charge >= 0.3 is 6.03 Å². The Kier molecular flexibility index (Phi) is 3.27. The summed E-state index contributed by atoms with van der Waals surface area (Å²) in [5.74, 6) is 1.31. The molecule has 24 heavy (non-hydrogen) atoms. The summed E-state index contributed by atoms with van der Waals surface area (Å²) in [7, 11) is 0. The molecule has 3 amide bonds. The van der Waals surface area contributed by atoms with Crippen molar-refractivity contribution < 1.29 is 9.59 Å². The minimum atomic E-state index is -0.582. The van der Waals surface area contributed by atoms with E-state index < -0.39 is 5.54 Å². The molecular formula is C18H23N3O2S. The number of carbonyl (C=O) groups excluding carboxylic acids is 2. The summed E-state index contributed by atoms with van der Waals surface area (Å²) in [6, 6.07) is -0.214. The topological polar surface area (TPSA) is 62.3 Å². The predicted molar refractivity (Wildman–Crippen MR) is 90.6 cm³/mol. The summed E-state index contributed by atoms with van der Waals surface area (Å²) in [5, 5.41) is 6.30. The molecule has 2 heterocycles. The molecule has 0 radical (unpaired) electrons. The number of rotatable bonds is 5. The molecule has 4 aliphatic rings. The number of nitrogens with zero attached hydrogens (tertiary/aromatic N) is 2. The van der Waals surface area contributed by atoms with E-state index in [2.05, 4.69) is 5.32 Å². The predicted octanol–water partition coefficient (Wildman–Crippen LogP) is 3.41. The zero-order valence-corrected chi connectivity index (χ0v) is 14.6. The number of imide groups is 1. The second-order valence-corrected chi connectivity index (χ2v) is 8.79. The Bertz CT molecular complexity index is 674. The van der Waals surface area contributed by atoms with Gasteiger partial charge in [-0.05, 0) is 50.4 Å². The minimum absolute atomic E-state index is 0.00733. The molecule has 128 valence electrons. The first kappa shape index (κ1) is 14.9. The van der Waals surface area contributed by atoms with Crippen molar-refractivity contribution in [2.45, 2.75) is 69.4 Å². The highest BCUT2D eigenvalue weighted by Gasteiger charge is 2.65. The summed E-state index contributed by atoms with van der Waals surface area (Å²) >= 11 is 1.69. The number of urea groups is 1. The van der Waals surface area contributed by atoms with Crippen molar-refractivity contribution in [1.29, 1.82) is 0 Å². The third kappa shape index (κ3) is 2.22. The first-order chi connectivity index (χ1) is 11.7. The van der Waals surface area contributed by atoms with Gasteiger partial charge in [-0.25, -0.2) is 9.78 Å². The zero-order valence-electron chi connectivity index (χ0n) is 13.8. The van der Waals surface area contributed by atoms with Gasteiger partial charge in [0, 0.05) is 11.3 Å². The molecule has 1 saturated heterocycles. The van der Waals surface area contributed by atoms with E-state index in [1.165, 1.54) is 35.6 Å². The fourth-order valence-corrected chi connectivity index (χ4v) is 5.62. The van der Waals surface area contributed by atoms with Gasteiger partial charge in [0.25, 0.3) is 5.91 Å². The summed E-state index contributed by atoms with van der Waals surface area (Å²) in [5.41, 5.74) is 0.286. The molecule has 3 aliphatic carbocycles. The summed E-state index contributed by atoms with van der Waals surface area (Å²) in [6.45, 7) is 0.328. The first-order valence-electron chi connectivity index (χ1n) is 9.27. The fraction of sp³-hybridized carbons (Fsp3) is 0.722. The van der Waals surface area contributed by atoms with E-state index in [0.717, 1.165) is 31.4 Å². The quantitative estimate of drug-likeness (QED) is 0.832. The smallest absolute Gasteiger partial charge is 0.323 e. The Morgan fingerprint density at radius 2 is 1.79 bits per heavy atom. The van der Waals surface area contributed by atoms with Crippen molar-refractivity contribution >= 4 is 23.3 Å².